The fourth-order valence-electron chi connectivity index (χ4n) is 1.78. The summed E-state index contributed by atoms with van der Waals surface area (Å²) in [4.78, 5) is 12.9. The van der Waals surface area contributed by atoms with E-state index in [1.807, 2.05) is 13.1 Å². The molecule has 3 N–H and O–H groups in total. The van der Waals surface area contributed by atoms with Gasteiger partial charge in [-0.05, 0) is 37.0 Å². The summed E-state index contributed by atoms with van der Waals surface area (Å²) >= 11 is 0. The summed E-state index contributed by atoms with van der Waals surface area (Å²) in [7, 11) is 2.01. The Hall–Kier alpha value is -1.71. The summed E-state index contributed by atoms with van der Waals surface area (Å²) in [5.41, 5.74) is 7.18. The Kier molecular flexibility index (Phi) is 2.73. The van der Waals surface area contributed by atoms with E-state index in [-0.39, 0.29) is 5.56 Å². The van der Waals surface area contributed by atoms with Crippen molar-refractivity contribution in [3.8, 4) is 0 Å². The molecule has 1 aliphatic rings. The predicted octanol–water partition coefficient (Wildman–Crippen LogP) is 1.81. The smallest absolute Gasteiger partial charge is 0.337 e. The van der Waals surface area contributed by atoms with Crippen molar-refractivity contribution in [1.29, 1.82) is 0 Å². The van der Waals surface area contributed by atoms with Crippen LogP contribution < -0.4 is 10.6 Å². The van der Waals surface area contributed by atoms with Gasteiger partial charge >= 0.3 is 5.97 Å². The van der Waals surface area contributed by atoms with Crippen LogP contribution in [0.4, 0.5) is 11.4 Å². The topological polar surface area (TPSA) is 66.6 Å². The molecule has 1 fully saturated rings. The van der Waals surface area contributed by atoms with Crippen LogP contribution in [0.1, 0.15) is 23.2 Å². The Labute approximate surface area is 94.7 Å². The van der Waals surface area contributed by atoms with Crippen molar-refractivity contribution in [3.63, 3.8) is 0 Å². The van der Waals surface area contributed by atoms with E-state index in [2.05, 4.69) is 4.90 Å². The number of carboxylic acid groups (broad SMARTS) is 1. The first kappa shape index (κ1) is 10.8. The van der Waals surface area contributed by atoms with Crippen LogP contribution in [0.15, 0.2) is 18.2 Å². The van der Waals surface area contributed by atoms with Gasteiger partial charge in [-0.25, -0.2) is 4.79 Å². The summed E-state index contributed by atoms with van der Waals surface area (Å²) in [6.45, 7) is 1.02. The normalized spacial score (nSPS) is 14.8. The van der Waals surface area contributed by atoms with E-state index < -0.39 is 5.97 Å². The molecule has 0 aliphatic heterocycles. The van der Waals surface area contributed by atoms with Gasteiger partial charge in [0, 0.05) is 25.0 Å². The molecule has 16 heavy (non-hydrogen) atoms. The maximum Gasteiger partial charge on any atom is 0.337 e. The Morgan fingerprint density at radius 1 is 1.56 bits per heavy atom. The monoisotopic (exact) mass is 220 g/mol. The second kappa shape index (κ2) is 4.04. The van der Waals surface area contributed by atoms with Crippen LogP contribution in [0, 0.1) is 5.92 Å². The predicted molar refractivity (Wildman–Crippen MR) is 63.8 cm³/mol. The Balaban J connectivity index is 2.15. The summed E-state index contributed by atoms with van der Waals surface area (Å²) in [6.07, 6.45) is 2.60. The number of carboxylic acids is 1. The second-order valence-corrected chi connectivity index (χ2v) is 4.40. The van der Waals surface area contributed by atoms with Crippen molar-refractivity contribution in [3.05, 3.63) is 23.8 Å². The number of aromatic carboxylic acids is 1. The molecule has 2 rings (SSSR count). The molecule has 1 aromatic rings. The molecule has 0 spiro atoms. The van der Waals surface area contributed by atoms with Crippen LogP contribution in [0.2, 0.25) is 0 Å². The molecule has 86 valence electrons. The van der Waals surface area contributed by atoms with Gasteiger partial charge in [0.15, 0.2) is 0 Å². The highest BCUT2D eigenvalue weighted by molar-refractivity contribution is 5.94. The van der Waals surface area contributed by atoms with Crippen molar-refractivity contribution < 1.29 is 9.90 Å². The lowest BCUT2D eigenvalue weighted by atomic mass is 10.1. The average molecular weight is 220 g/mol. The number of nitrogen functional groups attached to an aromatic ring is 1. The molecule has 4 nitrogen and oxygen atoms in total. The van der Waals surface area contributed by atoms with Gasteiger partial charge in [-0.2, -0.15) is 0 Å². The first-order valence-electron chi connectivity index (χ1n) is 5.42. The SMILES string of the molecule is CN(CC1CC1)c1ccc(C(=O)O)c(N)c1. The molecule has 4 heteroatoms. The van der Waals surface area contributed by atoms with Gasteiger partial charge in [0.25, 0.3) is 0 Å². The van der Waals surface area contributed by atoms with E-state index in [0.29, 0.717) is 5.69 Å². The lowest BCUT2D eigenvalue weighted by Crippen LogP contribution is -2.20. The third kappa shape index (κ3) is 2.27. The number of hydrogen-bond donors (Lipinski definition) is 2. The first-order chi connectivity index (χ1) is 7.58. The summed E-state index contributed by atoms with van der Waals surface area (Å²) in [5.74, 6) is -0.181. The highest BCUT2D eigenvalue weighted by Crippen LogP contribution is 2.31. The molecule has 0 aromatic heterocycles. The molecule has 0 amide bonds. The maximum absolute atomic E-state index is 10.8. The van der Waals surface area contributed by atoms with Crippen LogP contribution in [-0.4, -0.2) is 24.7 Å². The van der Waals surface area contributed by atoms with E-state index in [9.17, 15) is 4.79 Å². The van der Waals surface area contributed by atoms with Crippen LogP contribution in [0.3, 0.4) is 0 Å². The number of rotatable bonds is 4. The molecule has 0 unspecified atom stereocenters. The van der Waals surface area contributed by atoms with Crippen LogP contribution >= 0.6 is 0 Å². The minimum Gasteiger partial charge on any atom is -0.478 e. The van der Waals surface area contributed by atoms with Crippen molar-refractivity contribution >= 4 is 17.3 Å². The second-order valence-electron chi connectivity index (χ2n) is 4.40. The van der Waals surface area contributed by atoms with E-state index >= 15 is 0 Å². The lowest BCUT2D eigenvalue weighted by molar-refractivity contribution is 0.0698. The van der Waals surface area contributed by atoms with E-state index in [0.717, 1.165) is 18.2 Å². The highest BCUT2D eigenvalue weighted by atomic mass is 16.4. The molecule has 0 heterocycles. The zero-order valence-corrected chi connectivity index (χ0v) is 9.31. The molecule has 1 saturated carbocycles. The fraction of sp³-hybridized carbons (Fsp3) is 0.417. The molecule has 0 radical (unpaired) electrons. The number of benzene rings is 1. The minimum absolute atomic E-state index is 0.170. The number of hydrogen-bond acceptors (Lipinski definition) is 3. The van der Waals surface area contributed by atoms with Crippen molar-refractivity contribution in [2.24, 2.45) is 5.92 Å². The molecular formula is C12H16N2O2. The molecular weight excluding hydrogens is 204 g/mol. The van der Waals surface area contributed by atoms with Gasteiger partial charge in [-0.15, -0.1) is 0 Å². The van der Waals surface area contributed by atoms with Gasteiger partial charge in [0.05, 0.1) is 5.56 Å². The Morgan fingerprint density at radius 2 is 2.25 bits per heavy atom. The van der Waals surface area contributed by atoms with Crippen LogP contribution in [0.25, 0.3) is 0 Å². The van der Waals surface area contributed by atoms with Gasteiger partial charge < -0.3 is 15.7 Å². The molecule has 1 aliphatic carbocycles. The van der Waals surface area contributed by atoms with Crippen LogP contribution in [-0.2, 0) is 0 Å². The summed E-state index contributed by atoms with van der Waals surface area (Å²) < 4.78 is 0. The lowest BCUT2D eigenvalue weighted by Gasteiger charge is -2.19. The van der Waals surface area contributed by atoms with E-state index in [4.69, 9.17) is 10.8 Å². The Bertz CT molecular complexity index is 413. The van der Waals surface area contributed by atoms with Gasteiger partial charge in [0.1, 0.15) is 0 Å². The fourth-order valence-corrected chi connectivity index (χ4v) is 1.78. The standard InChI is InChI=1S/C12H16N2O2/c1-14(7-8-2-3-8)9-4-5-10(12(15)16)11(13)6-9/h4-6,8H,2-3,7,13H2,1H3,(H,15,16). The number of carbonyl (C=O) groups is 1. The number of nitrogens with zero attached hydrogens (tertiary/aromatic N) is 1. The number of nitrogens with two attached hydrogens (primary N) is 1. The van der Waals surface area contributed by atoms with Crippen molar-refractivity contribution in [2.75, 3.05) is 24.2 Å². The first-order valence-corrected chi connectivity index (χ1v) is 5.42. The van der Waals surface area contributed by atoms with Crippen molar-refractivity contribution in [2.45, 2.75) is 12.8 Å². The largest absolute Gasteiger partial charge is 0.478 e. The van der Waals surface area contributed by atoms with E-state index in [1.54, 1.807) is 12.1 Å². The third-order valence-corrected chi connectivity index (χ3v) is 2.94. The van der Waals surface area contributed by atoms with Gasteiger partial charge in [-0.3, -0.25) is 0 Å². The highest BCUT2D eigenvalue weighted by Gasteiger charge is 2.23. The summed E-state index contributed by atoms with van der Waals surface area (Å²) in [5, 5.41) is 8.86. The van der Waals surface area contributed by atoms with Crippen molar-refractivity contribution in [1.82, 2.24) is 0 Å². The summed E-state index contributed by atoms with van der Waals surface area (Å²) in [6, 6.07) is 5.10. The minimum atomic E-state index is -0.978. The average Bonchev–Trinajstić information content (AvgIpc) is 3.00. The maximum atomic E-state index is 10.8. The van der Waals surface area contributed by atoms with Gasteiger partial charge in [-0.1, -0.05) is 0 Å². The van der Waals surface area contributed by atoms with E-state index in [1.165, 1.54) is 12.8 Å². The Morgan fingerprint density at radius 3 is 2.75 bits per heavy atom. The molecule has 0 atom stereocenters. The molecule has 1 aromatic carbocycles. The number of anilines is 2. The molecule has 0 bridgehead atoms. The zero-order chi connectivity index (χ0) is 11.7. The third-order valence-electron chi connectivity index (χ3n) is 2.94. The molecule has 0 saturated heterocycles. The quantitative estimate of drug-likeness (QED) is 0.759. The zero-order valence-electron chi connectivity index (χ0n) is 9.31. The van der Waals surface area contributed by atoms with Crippen LogP contribution in [0.5, 0.6) is 0 Å². The van der Waals surface area contributed by atoms with Gasteiger partial charge in [0.2, 0.25) is 0 Å².